The van der Waals surface area contributed by atoms with Gasteiger partial charge in [-0.2, -0.15) is 11.8 Å². The normalized spacial score (nSPS) is 19.2. The Hall–Kier alpha value is -2.03. The molecule has 7 nitrogen and oxygen atoms in total. The number of carbonyl (C=O) groups is 1. The van der Waals surface area contributed by atoms with Gasteiger partial charge in [0.15, 0.2) is 0 Å². The van der Waals surface area contributed by atoms with Crippen molar-refractivity contribution >= 4 is 34.3 Å². The number of piperidine rings is 1. The molecule has 0 unspecified atom stereocenters. The molecule has 2 N–H and O–H groups in total. The van der Waals surface area contributed by atoms with Crippen LogP contribution in [-0.2, 0) is 4.79 Å². The van der Waals surface area contributed by atoms with E-state index in [4.69, 9.17) is 4.74 Å². The third kappa shape index (κ3) is 7.09. The second-order valence-corrected chi connectivity index (χ2v) is 12.5. The maximum atomic E-state index is 11.9. The number of pyridine rings is 1. The Bertz CT molecular complexity index is 1050. The molecule has 204 valence electrons. The van der Waals surface area contributed by atoms with Gasteiger partial charge in [0.05, 0.1) is 37.0 Å². The van der Waals surface area contributed by atoms with E-state index in [-0.39, 0.29) is 11.8 Å². The average molecular weight is 530 g/mol. The number of fused-ring (bicyclic) bond motifs is 1. The Balaban J connectivity index is 1.44. The van der Waals surface area contributed by atoms with Gasteiger partial charge in [-0.3, -0.25) is 9.78 Å². The van der Waals surface area contributed by atoms with Gasteiger partial charge in [-0.25, -0.2) is 0 Å². The summed E-state index contributed by atoms with van der Waals surface area (Å²) in [7, 11) is 5.54. The third-order valence-corrected chi connectivity index (χ3v) is 9.73. The van der Waals surface area contributed by atoms with Crippen molar-refractivity contribution in [1.29, 1.82) is 0 Å². The number of aromatic nitrogens is 1. The summed E-state index contributed by atoms with van der Waals surface area (Å²) in [6.45, 7) is 2.96. The standard InChI is InChI=1S/C29H43N3O4S/c1-31(2)25-20-30-24-9-8-21(36-3)18-23(24)28(25)26(33)10-11-29(19-27(34)35)12-14-32(15-13-29)16-17-37-22-6-4-5-7-22/h8-9,18,20,22,26,33H,4-7,10-17,19H2,1-3H3,(H,34,35)/t26-/m1/s1. The topological polar surface area (TPSA) is 86.1 Å². The van der Waals surface area contributed by atoms with Crippen molar-refractivity contribution in [2.75, 3.05) is 51.5 Å². The fourth-order valence-electron chi connectivity index (χ4n) is 6.09. The summed E-state index contributed by atoms with van der Waals surface area (Å²) < 4.78 is 5.44. The molecule has 0 spiro atoms. The first-order chi connectivity index (χ1) is 17.8. The van der Waals surface area contributed by atoms with E-state index in [1.165, 1.54) is 31.4 Å². The summed E-state index contributed by atoms with van der Waals surface area (Å²) in [4.78, 5) is 20.9. The van der Waals surface area contributed by atoms with Crippen molar-refractivity contribution in [1.82, 2.24) is 9.88 Å². The highest BCUT2D eigenvalue weighted by atomic mass is 32.2. The highest BCUT2D eigenvalue weighted by Crippen LogP contribution is 2.43. The average Bonchev–Trinajstić information content (AvgIpc) is 3.40. The lowest BCUT2D eigenvalue weighted by Crippen LogP contribution is -2.42. The first-order valence-corrected chi connectivity index (χ1v) is 14.7. The Morgan fingerprint density at radius 1 is 1.27 bits per heavy atom. The van der Waals surface area contributed by atoms with Crippen LogP contribution in [0.1, 0.15) is 69.5 Å². The maximum absolute atomic E-state index is 11.9. The monoisotopic (exact) mass is 529 g/mol. The molecule has 1 aromatic heterocycles. The molecule has 37 heavy (non-hydrogen) atoms. The quantitative estimate of drug-likeness (QED) is 0.380. The number of hydrogen-bond donors (Lipinski definition) is 2. The maximum Gasteiger partial charge on any atom is 0.303 e. The second kappa shape index (κ2) is 12.7. The van der Waals surface area contributed by atoms with E-state index < -0.39 is 12.1 Å². The molecule has 0 bridgehead atoms. The van der Waals surface area contributed by atoms with E-state index in [1.54, 1.807) is 7.11 Å². The second-order valence-electron chi connectivity index (χ2n) is 11.1. The lowest BCUT2D eigenvalue weighted by atomic mass is 9.71. The molecular formula is C29H43N3O4S. The number of benzene rings is 1. The minimum Gasteiger partial charge on any atom is -0.497 e. The number of methoxy groups -OCH3 is 1. The van der Waals surface area contributed by atoms with E-state index in [0.29, 0.717) is 12.8 Å². The molecule has 1 aliphatic carbocycles. The molecule has 2 fully saturated rings. The van der Waals surface area contributed by atoms with Crippen molar-refractivity contribution in [3.05, 3.63) is 30.0 Å². The summed E-state index contributed by atoms with van der Waals surface area (Å²) in [5.41, 5.74) is 2.24. The van der Waals surface area contributed by atoms with Gasteiger partial charge in [-0.1, -0.05) is 12.8 Å². The number of ether oxygens (including phenoxy) is 1. The minimum atomic E-state index is -0.743. The molecule has 1 saturated heterocycles. The molecule has 2 heterocycles. The number of likely N-dealkylation sites (tertiary alicyclic amines) is 1. The van der Waals surface area contributed by atoms with Gasteiger partial charge in [0.25, 0.3) is 0 Å². The number of anilines is 1. The number of rotatable bonds is 12. The number of hydrogen-bond acceptors (Lipinski definition) is 7. The van der Waals surface area contributed by atoms with E-state index in [2.05, 4.69) is 21.6 Å². The zero-order valence-electron chi connectivity index (χ0n) is 22.6. The van der Waals surface area contributed by atoms with Crippen LogP contribution in [0.3, 0.4) is 0 Å². The SMILES string of the molecule is COc1ccc2ncc(N(C)C)c([C@H](O)CCC3(CC(=O)O)CCN(CCSC4CCCC4)CC3)c2c1. The van der Waals surface area contributed by atoms with Crippen molar-refractivity contribution in [2.45, 2.75) is 69.1 Å². The number of carboxylic acids is 1. The van der Waals surface area contributed by atoms with E-state index in [1.807, 2.05) is 43.4 Å². The van der Waals surface area contributed by atoms with Crippen LogP contribution in [0.2, 0.25) is 0 Å². The van der Waals surface area contributed by atoms with Crippen LogP contribution in [0.4, 0.5) is 5.69 Å². The predicted octanol–water partition coefficient (Wildman–Crippen LogP) is 5.36. The minimum absolute atomic E-state index is 0.163. The molecule has 4 rings (SSSR count). The van der Waals surface area contributed by atoms with Crippen molar-refractivity contribution in [3.8, 4) is 5.75 Å². The summed E-state index contributed by atoms with van der Waals surface area (Å²) in [5, 5.41) is 23.0. The largest absolute Gasteiger partial charge is 0.497 e. The molecule has 1 aromatic carbocycles. The first-order valence-electron chi connectivity index (χ1n) is 13.7. The Labute approximate surface area is 225 Å². The molecule has 8 heteroatoms. The fraction of sp³-hybridized carbons (Fsp3) is 0.655. The number of nitrogens with zero attached hydrogens (tertiary/aromatic N) is 3. The summed E-state index contributed by atoms with van der Waals surface area (Å²) in [6.07, 6.45) is 9.67. The molecule has 1 saturated carbocycles. The summed E-state index contributed by atoms with van der Waals surface area (Å²) in [6, 6.07) is 5.72. The number of carboxylic acid groups (broad SMARTS) is 1. The smallest absolute Gasteiger partial charge is 0.303 e. The van der Waals surface area contributed by atoms with Crippen LogP contribution in [0, 0.1) is 5.41 Å². The van der Waals surface area contributed by atoms with Gasteiger partial charge < -0.3 is 24.7 Å². The van der Waals surface area contributed by atoms with Crippen LogP contribution in [-0.4, -0.2) is 77.9 Å². The summed E-state index contributed by atoms with van der Waals surface area (Å²) in [5.74, 6) is 1.15. The van der Waals surface area contributed by atoms with Gasteiger partial charge in [0, 0.05) is 42.6 Å². The molecule has 0 amide bonds. The van der Waals surface area contributed by atoms with Gasteiger partial charge in [-0.05, 0) is 75.2 Å². The number of aliphatic hydroxyl groups is 1. The van der Waals surface area contributed by atoms with Gasteiger partial charge in [0.2, 0.25) is 0 Å². The van der Waals surface area contributed by atoms with Crippen molar-refractivity contribution in [3.63, 3.8) is 0 Å². The van der Waals surface area contributed by atoms with Crippen LogP contribution in [0.25, 0.3) is 10.9 Å². The molecule has 2 aromatic rings. The number of aliphatic hydroxyl groups excluding tert-OH is 1. The Morgan fingerprint density at radius 2 is 2.00 bits per heavy atom. The van der Waals surface area contributed by atoms with Gasteiger partial charge >= 0.3 is 5.97 Å². The lowest BCUT2D eigenvalue weighted by molar-refractivity contribution is -0.141. The molecule has 0 radical (unpaired) electrons. The predicted molar refractivity (Wildman–Crippen MR) is 152 cm³/mol. The Kier molecular flexibility index (Phi) is 9.59. The number of aliphatic carboxylic acids is 1. The fourth-order valence-corrected chi connectivity index (χ4v) is 7.46. The van der Waals surface area contributed by atoms with Crippen LogP contribution >= 0.6 is 11.8 Å². The Morgan fingerprint density at radius 3 is 2.65 bits per heavy atom. The zero-order chi connectivity index (χ0) is 26.4. The van der Waals surface area contributed by atoms with E-state index >= 15 is 0 Å². The molecule has 1 aliphatic heterocycles. The zero-order valence-corrected chi connectivity index (χ0v) is 23.4. The van der Waals surface area contributed by atoms with E-state index in [0.717, 1.165) is 65.6 Å². The molecular weight excluding hydrogens is 486 g/mol. The van der Waals surface area contributed by atoms with Crippen LogP contribution in [0.15, 0.2) is 24.4 Å². The third-order valence-electron chi connectivity index (χ3n) is 8.37. The molecule has 2 aliphatic rings. The van der Waals surface area contributed by atoms with Crippen LogP contribution in [0.5, 0.6) is 5.75 Å². The van der Waals surface area contributed by atoms with Crippen LogP contribution < -0.4 is 9.64 Å². The number of thioether (sulfide) groups is 1. The van der Waals surface area contributed by atoms with Crippen molar-refractivity contribution in [2.24, 2.45) is 5.41 Å². The highest BCUT2D eigenvalue weighted by Gasteiger charge is 2.37. The molecule has 1 atom stereocenters. The van der Waals surface area contributed by atoms with E-state index in [9.17, 15) is 15.0 Å². The van der Waals surface area contributed by atoms with Gasteiger partial charge in [-0.15, -0.1) is 0 Å². The first kappa shape index (κ1) is 28.0. The van der Waals surface area contributed by atoms with Crippen molar-refractivity contribution < 1.29 is 19.7 Å². The lowest BCUT2D eigenvalue weighted by Gasteiger charge is -2.42. The highest BCUT2D eigenvalue weighted by molar-refractivity contribution is 7.99. The van der Waals surface area contributed by atoms with Gasteiger partial charge in [0.1, 0.15) is 5.75 Å². The summed E-state index contributed by atoms with van der Waals surface area (Å²) >= 11 is 2.12.